The van der Waals surface area contributed by atoms with E-state index in [9.17, 15) is 0 Å². The number of para-hydroxylation sites is 1. The number of fused-ring (bicyclic) bond motifs is 2. The van der Waals surface area contributed by atoms with Gasteiger partial charge in [-0.25, -0.2) is 4.98 Å². The van der Waals surface area contributed by atoms with Gasteiger partial charge >= 0.3 is 0 Å². The van der Waals surface area contributed by atoms with Gasteiger partial charge < -0.3 is 4.42 Å². The molecule has 0 radical (unpaired) electrons. The lowest BCUT2D eigenvalue weighted by Crippen LogP contribution is -2.11. The number of aromatic nitrogens is 1. The van der Waals surface area contributed by atoms with E-state index in [0.717, 1.165) is 39.0 Å². The maximum atomic E-state index is 6.68. The molecule has 262 valence electrons. The first-order valence-electron chi connectivity index (χ1n) is 18.7. The van der Waals surface area contributed by atoms with Gasteiger partial charge in [0.25, 0.3) is 0 Å². The Bertz CT molecular complexity index is 2400. The third-order valence-corrected chi connectivity index (χ3v) is 10.3. The zero-order valence-corrected chi connectivity index (χ0v) is 32.1. The van der Waals surface area contributed by atoms with Crippen molar-refractivity contribution in [3.8, 4) is 33.7 Å². The van der Waals surface area contributed by atoms with Crippen molar-refractivity contribution in [2.45, 2.75) is 85.5 Å². The van der Waals surface area contributed by atoms with Crippen LogP contribution in [0.3, 0.4) is 0 Å². The molecule has 52 heavy (non-hydrogen) atoms. The van der Waals surface area contributed by atoms with Gasteiger partial charge in [0.1, 0.15) is 5.52 Å². The van der Waals surface area contributed by atoms with Crippen LogP contribution in [0.25, 0.3) is 55.6 Å². The average Bonchev–Trinajstić information content (AvgIpc) is 3.57. The summed E-state index contributed by atoms with van der Waals surface area (Å²) in [6, 6.07) is 41.2. The maximum Gasteiger partial charge on any atom is 0.229 e. The topological polar surface area (TPSA) is 38.4 Å². The van der Waals surface area contributed by atoms with Crippen LogP contribution in [0.5, 0.6) is 0 Å². The Labute approximate surface area is 309 Å². The predicted octanol–water partition coefficient (Wildman–Crippen LogP) is 14.4. The van der Waals surface area contributed by atoms with Gasteiger partial charge in [0.15, 0.2) is 5.58 Å². The molecule has 1 aromatic heterocycles. The molecule has 0 atom stereocenters. The van der Waals surface area contributed by atoms with Crippen molar-refractivity contribution in [1.29, 1.82) is 0 Å². The van der Waals surface area contributed by atoms with Crippen LogP contribution >= 0.6 is 0 Å². The van der Waals surface area contributed by atoms with Crippen LogP contribution in [0.4, 0.5) is 5.69 Å². The van der Waals surface area contributed by atoms with E-state index < -0.39 is 0 Å². The minimum Gasteiger partial charge on any atom is -0.436 e. The molecule has 7 aromatic rings. The molecule has 3 nitrogen and oxygen atoms in total. The summed E-state index contributed by atoms with van der Waals surface area (Å²) in [4.78, 5) is 10.2. The number of hydrogen-bond donors (Lipinski definition) is 0. The molecular formula is C49H50N2O. The fourth-order valence-corrected chi connectivity index (χ4v) is 7.20. The molecule has 0 spiro atoms. The van der Waals surface area contributed by atoms with Crippen molar-refractivity contribution in [2.75, 3.05) is 0 Å². The highest BCUT2D eigenvalue weighted by atomic mass is 16.3. The molecule has 0 fully saturated rings. The number of nitrogens with zero attached hydrogens (tertiary/aromatic N) is 2. The van der Waals surface area contributed by atoms with Crippen molar-refractivity contribution >= 4 is 33.8 Å². The van der Waals surface area contributed by atoms with Crippen molar-refractivity contribution in [3.05, 3.63) is 143 Å². The average molecular weight is 683 g/mol. The summed E-state index contributed by atoms with van der Waals surface area (Å²) in [5.41, 5.74) is 14.5. The first-order valence-corrected chi connectivity index (χ1v) is 18.7. The van der Waals surface area contributed by atoms with Gasteiger partial charge in [-0.15, -0.1) is 0 Å². The normalized spacial score (nSPS) is 12.4. The Morgan fingerprint density at radius 3 is 2.00 bits per heavy atom. The molecule has 0 N–H and O–H groups in total. The van der Waals surface area contributed by atoms with Crippen LogP contribution in [0, 0.1) is 0 Å². The van der Waals surface area contributed by atoms with E-state index in [0.29, 0.717) is 23.6 Å². The Morgan fingerprint density at radius 1 is 0.635 bits per heavy atom. The molecule has 0 saturated heterocycles. The van der Waals surface area contributed by atoms with E-state index >= 15 is 0 Å². The Balaban J connectivity index is 1.38. The number of hydrogen-bond acceptors (Lipinski definition) is 3. The van der Waals surface area contributed by atoms with Gasteiger partial charge in [-0.2, -0.15) is 0 Å². The van der Waals surface area contributed by atoms with Crippen molar-refractivity contribution in [1.82, 2.24) is 4.98 Å². The summed E-state index contributed by atoms with van der Waals surface area (Å²) in [7, 11) is 0. The van der Waals surface area contributed by atoms with Gasteiger partial charge in [0.2, 0.25) is 5.89 Å². The summed E-state index contributed by atoms with van der Waals surface area (Å²) < 4.78 is 6.68. The van der Waals surface area contributed by atoms with Crippen LogP contribution < -0.4 is 0 Å². The molecule has 0 aliphatic carbocycles. The van der Waals surface area contributed by atoms with Gasteiger partial charge in [-0.1, -0.05) is 147 Å². The molecule has 0 aliphatic heterocycles. The highest BCUT2D eigenvalue weighted by Crippen LogP contribution is 2.42. The smallest absolute Gasteiger partial charge is 0.229 e. The minimum absolute atomic E-state index is 0.0868. The maximum absolute atomic E-state index is 6.68. The summed E-state index contributed by atoms with van der Waals surface area (Å²) in [5, 5.41) is 2.37. The molecule has 3 heteroatoms. The van der Waals surface area contributed by atoms with Gasteiger partial charge in [-0.05, 0) is 103 Å². The first kappa shape index (κ1) is 35.1. The zero-order valence-electron chi connectivity index (χ0n) is 32.1. The second kappa shape index (κ2) is 14.0. The van der Waals surface area contributed by atoms with Gasteiger partial charge in [-0.3, -0.25) is 4.99 Å². The third kappa shape index (κ3) is 6.85. The monoisotopic (exact) mass is 682 g/mol. The first-order chi connectivity index (χ1) is 24.9. The van der Waals surface area contributed by atoms with Crippen molar-refractivity contribution in [2.24, 2.45) is 4.99 Å². The van der Waals surface area contributed by atoms with E-state index in [1.807, 2.05) is 30.5 Å². The van der Waals surface area contributed by atoms with E-state index in [1.165, 1.54) is 44.2 Å². The number of benzene rings is 6. The lowest BCUT2D eigenvalue weighted by Gasteiger charge is -2.24. The molecule has 0 aliphatic rings. The van der Waals surface area contributed by atoms with Crippen molar-refractivity contribution < 1.29 is 4.42 Å². The lowest BCUT2D eigenvalue weighted by atomic mass is 9.81. The molecule has 0 unspecified atom stereocenters. The minimum atomic E-state index is -0.0868. The highest BCUT2D eigenvalue weighted by molar-refractivity contribution is 6.01. The Hall–Kier alpha value is -5.28. The lowest BCUT2D eigenvalue weighted by molar-refractivity contribution is 0.584. The molecular weight excluding hydrogens is 633 g/mol. The molecule has 7 rings (SSSR count). The summed E-state index contributed by atoms with van der Waals surface area (Å²) in [6.45, 7) is 20.6. The van der Waals surface area contributed by atoms with Crippen LogP contribution in [-0.2, 0) is 5.41 Å². The fourth-order valence-electron chi connectivity index (χ4n) is 7.20. The summed E-state index contributed by atoms with van der Waals surface area (Å²) in [5.74, 6) is 1.83. The van der Waals surface area contributed by atoms with E-state index in [-0.39, 0.29) is 5.41 Å². The summed E-state index contributed by atoms with van der Waals surface area (Å²) in [6.07, 6.45) is 1.95. The molecule has 1 heterocycles. The van der Waals surface area contributed by atoms with Crippen molar-refractivity contribution in [3.63, 3.8) is 0 Å². The molecule has 0 amide bonds. The second-order valence-corrected chi connectivity index (χ2v) is 16.1. The summed E-state index contributed by atoms with van der Waals surface area (Å²) >= 11 is 0. The zero-order chi connectivity index (χ0) is 36.7. The largest absolute Gasteiger partial charge is 0.436 e. The standard InChI is InChI=1S/C49H50N2O/c1-30(2)37-25-41(31(3)4)46(42(26-37)32(5)6)35-19-15-18-34(24-35)43-27-38(49(7,8)9)28-45-47(43)51-48(52-45)40-22-12-13-23-44(40)50-29-36-20-14-17-33-16-10-11-21-39(33)36/h10-32H,1-9H3. The molecule has 6 aromatic carbocycles. The van der Waals surface area contributed by atoms with Gasteiger partial charge in [0.05, 0.1) is 11.3 Å². The number of rotatable bonds is 8. The second-order valence-electron chi connectivity index (χ2n) is 16.1. The SMILES string of the molecule is CC(C)c1cc(C(C)C)c(-c2cccc(-c3cc(C(C)(C)C)cc4oc(-c5ccccc5N=Cc5cccc6ccccc56)nc34)c2)c(C(C)C)c1. The molecule has 0 saturated carbocycles. The van der Waals surface area contributed by atoms with Crippen LogP contribution in [0.1, 0.15) is 108 Å². The van der Waals surface area contributed by atoms with E-state index in [2.05, 4.69) is 153 Å². The third-order valence-electron chi connectivity index (χ3n) is 10.3. The quantitative estimate of drug-likeness (QED) is 0.150. The Kier molecular flexibility index (Phi) is 9.48. The fraction of sp³-hybridized carbons (Fsp3) is 0.265. The van der Waals surface area contributed by atoms with Gasteiger partial charge in [0, 0.05) is 17.3 Å². The number of oxazole rings is 1. The van der Waals surface area contributed by atoms with Crippen LogP contribution in [0.2, 0.25) is 0 Å². The number of aliphatic imine (C=N–C) groups is 1. The highest BCUT2D eigenvalue weighted by Gasteiger charge is 2.23. The van der Waals surface area contributed by atoms with E-state index in [1.54, 1.807) is 0 Å². The molecule has 0 bridgehead atoms. The Morgan fingerprint density at radius 2 is 1.29 bits per heavy atom. The van der Waals surface area contributed by atoms with Crippen LogP contribution in [-0.4, -0.2) is 11.2 Å². The van der Waals surface area contributed by atoms with E-state index in [4.69, 9.17) is 14.4 Å². The van der Waals surface area contributed by atoms with Crippen LogP contribution in [0.15, 0.2) is 125 Å². The predicted molar refractivity (Wildman–Crippen MR) is 222 cm³/mol.